The SMILES string of the molecule is CCNCCOCC1CCOCC1. The molecule has 1 saturated heterocycles. The molecule has 0 amide bonds. The van der Waals surface area contributed by atoms with Crippen LogP contribution in [0.25, 0.3) is 0 Å². The zero-order chi connectivity index (χ0) is 9.36. The minimum atomic E-state index is 0.732. The Balaban J connectivity index is 1.86. The molecule has 1 N–H and O–H groups in total. The van der Waals surface area contributed by atoms with Gasteiger partial charge in [-0.3, -0.25) is 0 Å². The first-order valence-corrected chi connectivity index (χ1v) is 5.29. The van der Waals surface area contributed by atoms with Gasteiger partial charge in [-0.15, -0.1) is 0 Å². The van der Waals surface area contributed by atoms with E-state index in [1.807, 2.05) is 0 Å². The average Bonchev–Trinajstić information content (AvgIpc) is 2.19. The Morgan fingerprint density at radius 1 is 1.38 bits per heavy atom. The van der Waals surface area contributed by atoms with Crippen LogP contribution >= 0.6 is 0 Å². The third-order valence-electron chi connectivity index (χ3n) is 2.37. The molecule has 13 heavy (non-hydrogen) atoms. The second kappa shape index (κ2) is 7.30. The van der Waals surface area contributed by atoms with E-state index >= 15 is 0 Å². The predicted molar refractivity (Wildman–Crippen MR) is 52.9 cm³/mol. The summed E-state index contributed by atoms with van der Waals surface area (Å²) in [7, 11) is 0. The number of ether oxygens (including phenoxy) is 2. The van der Waals surface area contributed by atoms with Crippen molar-refractivity contribution < 1.29 is 9.47 Å². The molecule has 0 aliphatic carbocycles. The van der Waals surface area contributed by atoms with Crippen LogP contribution in [-0.2, 0) is 9.47 Å². The van der Waals surface area contributed by atoms with Gasteiger partial charge >= 0.3 is 0 Å². The Morgan fingerprint density at radius 2 is 2.15 bits per heavy atom. The van der Waals surface area contributed by atoms with Crippen molar-refractivity contribution in [3.8, 4) is 0 Å². The Hall–Kier alpha value is -0.120. The molecular formula is C10H21NO2. The molecule has 0 aromatic rings. The summed E-state index contributed by atoms with van der Waals surface area (Å²) in [6.07, 6.45) is 2.34. The summed E-state index contributed by atoms with van der Waals surface area (Å²) in [6, 6.07) is 0. The molecular weight excluding hydrogens is 166 g/mol. The Labute approximate surface area is 80.8 Å². The second-order valence-corrected chi connectivity index (χ2v) is 3.48. The van der Waals surface area contributed by atoms with Crippen molar-refractivity contribution in [2.24, 2.45) is 5.92 Å². The first kappa shape index (κ1) is 11.0. The maximum Gasteiger partial charge on any atom is 0.0591 e. The molecule has 1 rings (SSSR count). The third-order valence-corrected chi connectivity index (χ3v) is 2.37. The lowest BCUT2D eigenvalue weighted by Gasteiger charge is -2.21. The van der Waals surface area contributed by atoms with E-state index in [2.05, 4.69) is 12.2 Å². The van der Waals surface area contributed by atoms with Gasteiger partial charge in [-0.05, 0) is 25.3 Å². The van der Waals surface area contributed by atoms with Crippen molar-refractivity contribution in [1.82, 2.24) is 5.32 Å². The molecule has 0 atom stereocenters. The van der Waals surface area contributed by atoms with Crippen molar-refractivity contribution in [2.45, 2.75) is 19.8 Å². The van der Waals surface area contributed by atoms with Gasteiger partial charge in [0, 0.05) is 26.4 Å². The quantitative estimate of drug-likeness (QED) is 0.630. The molecule has 0 aromatic carbocycles. The zero-order valence-corrected chi connectivity index (χ0v) is 8.55. The fraction of sp³-hybridized carbons (Fsp3) is 1.00. The van der Waals surface area contributed by atoms with E-state index < -0.39 is 0 Å². The molecule has 0 aromatic heterocycles. The van der Waals surface area contributed by atoms with Crippen LogP contribution in [0.2, 0.25) is 0 Å². The molecule has 78 valence electrons. The van der Waals surface area contributed by atoms with E-state index in [1.165, 1.54) is 12.8 Å². The third kappa shape index (κ3) is 5.24. The zero-order valence-electron chi connectivity index (χ0n) is 8.55. The maximum absolute atomic E-state index is 5.56. The van der Waals surface area contributed by atoms with E-state index in [-0.39, 0.29) is 0 Å². The van der Waals surface area contributed by atoms with Crippen LogP contribution < -0.4 is 5.32 Å². The summed E-state index contributed by atoms with van der Waals surface area (Å²) in [4.78, 5) is 0. The molecule has 0 unspecified atom stereocenters. The monoisotopic (exact) mass is 187 g/mol. The number of nitrogens with one attached hydrogen (secondary N) is 1. The fourth-order valence-corrected chi connectivity index (χ4v) is 1.48. The lowest BCUT2D eigenvalue weighted by molar-refractivity contribution is 0.0215. The van der Waals surface area contributed by atoms with Crippen molar-refractivity contribution in [2.75, 3.05) is 39.5 Å². The molecule has 1 heterocycles. The molecule has 1 aliphatic rings. The minimum Gasteiger partial charge on any atom is -0.381 e. The lowest BCUT2D eigenvalue weighted by atomic mass is 10.0. The summed E-state index contributed by atoms with van der Waals surface area (Å²) >= 11 is 0. The molecule has 3 heteroatoms. The summed E-state index contributed by atoms with van der Waals surface area (Å²) in [6.45, 7) is 7.70. The first-order valence-electron chi connectivity index (χ1n) is 5.29. The molecule has 1 fully saturated rings. The van der Waals surface area contributed by atoms with Crippen molar-refractivity contribution in [1.29, 1.82) is 0 Å². The standard InChI is InChI=1S/C10H21NO2/c1-2-11-5-8-13-9-10-3-6-12-7-4-10/h10-11H,2-9H2,1H3. The van der Waals surface area contributed by atoms with Gasteiger partial charge in [0.25, 0.3) is 0 Å². The molecule has 0 saturated carbocycles. The van der Waals surface area contributed by atoms with E-state index in [4.69, 9.17) is 9.47 Å². The Kier molecular flexibility index (Phi) is 6.15. The molecule has 3 nitrogen and oxygen atoms in total. The van der Waals surface area contributed by atoms with Crippen LogP contribution in [0.5, 0.6) is 0 Å². The number of hydrogen-bond donors (Lipinski definition) is 1. The van der Waals surface area contributed by atoms with Gasteiger partial charge in [-0.1, -0.05) is 6.92 Å². The highest BCUT2D eigenvalue weighted by atomic mass is 16.5. The number of hydrogen-bond acceptors (Lipinski definition) is 3. The van der Waals surface area contributed by atoms with Crippen LogP contribution in [0.3, 0.4) is 0 Å². The average molecular weight is 187 g/mol. The largest absolute Gasteiger partial charge is 0.381 e. The van der Waals surface area contributed by atoms with Crippen molar-refractivity contribution in [3.63, 3.8) is 0 Å². The normalized spacial score (nSPS) is 19.2. The summed E-state index contributed by atoms with van der Waals surface area (Å²) in [5.41, 5.74) is 0. The van der Waals surface area contributed by atoms with Gasteiger partial charge in [0.1, 0.15) is 0 Å². The minimum absolute atomic E-state index is 0.732. The summed E-state index contributed by atoms with van der Waals surface area (Å²) < 4.78 is 10.8. The highest BCUT2D eigenvalue weighted by molar-refractivity contribution is 4.62. The predicted octanol–water partition coefficient (Wildman–Crippen LogP) is 1.04. The van der Waals surface area contributed by atoms with E-state index in [0.29, 0.717) is 0 Å². The van der Waals surface area contributed by atoms with Gasteiger partial charge in [-0.2, -0.15) is 0 Å². The Morgan fingerprint density at radius 3 is 2.85 bits per heavy atom. The highest BCUT2D eigenvalue weighted by Gasteiger charge is 2.13. The van der Waals surface area contributed by atoms with Gasteiger partial charge < -0.3 is 14.8 Å². The number of likely N-dealkylation sites (N-methyl/N-ethyl adjacent to an activating group) is 1. The van der Waals surface area contributed by atoms with Crippen molar-refractivity contribution >= 4 is 0 Å². The summed E-state index contributed by atoms with van der Waals surface area (Å²) in [5.74, 6) is 0.732. The molecule has 1 aliphatic heterocycles. The van der Waals surface area contributed by atoms with Crippen molar-refractivity contribution in [3.05, 3.63) is 0 Å². The van der Waals surface area contributed by atoms with Crippen LogP contribution in [0, 0.1) is 5.92 Å². The smallest absolute Gasteiger partial charge is 0.0591 e. The van der Waals surface area contributed by atoms with Gasteiger partial charge in [-0.25, -0.2) is 0 Å². The van der Waals surface area contributed by atoms with Crippen LogP contribution in [0.4, 0.5) is 0 Å². The van der Waals surface area contributed by atoms with E-state index in [0.717, 1.165) is 45.4 Å². The second-order valence-electron chi connectivity index (χ2n) is 3.48. The Bertz CT molecular complexity index is 113. The van der Waals surface area contributed by atoms with E-state index in [1.54, 1.807) is 0 Å². The van der Waals surface area contributed by atoms with Gasteiger partial charge in [0.05, 0.1) is 6.61 Å². The highest BCUT2D eigenvalue weighted by Crippen LogP contribution is 2.14. The van der Waals surface area contributed by atoms with Gasteiger partial charge in [0.15, 0.2) is 0 Å². The topological polar surface area (TPSA) is 30.5 Å². The lowest BCUT2D eigenvalue weighted by Crippen LogP contribution is -2.23. The van der Waals surface area contributed by atoms with E-state index in [9.17, 15) is 0 Å². The van der Waals surface area contributed by atoms with Crippen LogP contribution in [0.1, 0.15) is 19.8 Å². The summed E-state index contributed by atoms with van der Waals surface area (Å²) in [5, 5.41) is 3.24. The fourth-order valence-electron chi connectivity index (χ4n) is 1.48. The molecule has 0 bridgehead atoms. The maximum atomic E-state index is 5.56. The van der Waals surface area contributed by atoms with Gasteiger partial charge in [0.2, 0.25) is 0 Å². The van der Waals surface area contributed by atoms with Crippen LogP contribution in [-0.4, -0.2) is 39.5 Å². The number of rotatable bonds is 6. The van der Waals surface area contributed by atoms with Crippen LogP contribution in [0.15, 0.2) is 0 Å². The molecule has 0 spiro atoms. The molecule has 0 radical (unpaired) electrons. The first-order chi connectivity index (χ1) is 6.43.